The Labute approximate surface area is 214 Å². The molecule has 0 aliphatic carbocycles. The molecule has 35 heavy (non-hydrogen) atoms. The summed E-state index contributed by atoms with van der Waals surface area (Å²) in [4.78, 5) is 11.6. The van der Waals surface area contributed by atoms with Gasteiger partial charge in [-0.05, 0) is 41.8 Å². The third kappa shape index (κ3) is 12.8. The molecule has 0 atom stereocenters. The smallest absolute Gasteiger partial charge is 0.337 e. The maximum absolute atomic E-state index is 11.6. The Balaban J connectivity index is 1.43. The van der Waals surface area contributed by atoms with Crippen LogP contribution in [0.1, 0.15) is 120 Å². The van der Waals surface area contributed by atoms with E-state index in [1.54, 1.807) is 12.1 Å². The maximum atomic E-state index is 11.6. The molecule has 0 bridgehead atoms. The average Bonchev–Trinajstić information content (AvgIpc) is 2.90. The highest BCUT2D eigenvalue weighted by atomic mass is 16.5. The minimum atomic E-state index is -0.311. The van der Waals surface area contributed by atoms with Gasteiger partial charge in [-0.2, -0.15) is 0 Å². The second kappa shape index (κ2) is 19.0. The lowest BCUT2D eigenvalue weighted by Gasteiger charge is -2.08. The number of carbonyl (C=O) groups is 1. The van der Waals surface area contributed by atoms with Crippen molar-refractivity contribution in [1.29, 1.82) is 0 Å². The molecular weight excluding hydrogens is 432 g/mol. The molecule has 0 radical (unpaired) electrons. The van der Waals surface area contributed by atoms with E-state index in [2.05, 4.69) is 19.1 Å². The van der Waals surface area contributed by atoms with Crippen LogP contribution in [0.5, 0.6) is 5.75 Å². The highest BCUT2D eigenvalue weighted by Gasteiger charge is 2.05. The predicted molar refractivity (Wildman–Crippen MR) is 148 cm³/mol. The summed E-state index contributed by atoms with van der Waals surface area (Å²) in [7, 11) is 1.40. The Hall–Kier alpha value is -2.29. The van der Waals surface area contributed by atoms with Gasteiger partial charge in [-0.25, -0.2) is 4.79 Å². The lowest BCUT2D eigenvalue weighted by Crippen LogP contribution is -2.00. The van der Waals surface area contributed by atoms with Gasteiger partial charge in [-0.3, -0.25) is 0 Å². The molecular formula is C32H48O3. The van der Waals surface area contributed by atoms with Gasteiger partial charge in [-0.15, -0.1) is 0 Å². The van der Waals surface area contributed by atoms with Crippen LogP contribution in [0.2, 0.25) is 0 Å². The van der Waals surface area contributed by atoms with Crippen LogP contribution in [0.15, 0.2) is 48.5 Å². The molecule has 0 aliphatic heterocycles. The summed E-state index contributed by atoms with van der Waals surface area (Å²) in [6.07, 6.45) is 22.1. The number of hydrogen-bond acceptors (Lipinski definition) is 3. The van der Waals surface area contributed by atoms with Crippen molar-refractivity contribution in [2.45, 2.75) is 110 Å². The summed E-state index contributed by atoms with van der Waals surface area (Å²) < 4.78 is 10.7. The van der Waals surface area contributed by atoms with E-state index in [4.69, 9.17) is 9.47 Å². The summed E-state index contributed by atoms with van der Waals surface area (Å²) in [5.41, 5.74) is 2.74. The molecule has 0 N–H and O–H groups in total. The summed E-state index contributed by atoms with van der Waals surface area (Å²) in [5.74, 6) is 0.607. The Morgan fingerprint density at radius 2 is 0.971 bits per heavy atom. The predicted octanol–water partition coefficient (Wildman–Crippen LogP) is 9.78. The fourth-order valence-corrected chi connectivity index (χ4v) is 4.50. The molecule has 0 saturated heterocycles. The van der Waals surface area contributed by atoms with E-state index >= 15 is 0 Å². The first-order valence-electron chi connectivity index (χ1n) is 14.2. The Kier molecular flexibility index (Phi) is 15.7. The molecule has 0 fully saturated rings. The molecule has 0 saturated carbocycles. The molecule has 0 heterocycles. The number of esters is 1. The van der Waals surface area contributed by atoms with E-state index in [9.17, 15) is 4.79 Å². The van der Waals surface area contributed by atoms with Gasteiger partial charge in [-0.1, -0.05) is 128 Å². The van der Waals surface area contributed by atoms with Gasteiger partial charge in [0.2, 0.25) is 0 Å². The van der Waals surface area contributed by atoms with Crippen LogP contribution in [0, 0.1) is 0 Å². The number of unbranched alkanes of at least 4 members (excludes halogenated alkanes) is 15. The van der Waals surface area contributed by atoms with Gasteiger partial charge in [0.25, 0.3) is 0 Å². The highest BCUT2D eigenvalue weighted by molar-refractivity contribution is 5.89. The van der Waals surface area contributed by atoms with Crippen LogP contribution in [-0.2, 0) is 4.74 Å². The van der Waals surface area contributed by atoms with Crippen molar-refractivity contribution in [2.75, 3.05) is 13.7 Å². The van der Waals surface area contributed by atoms with Crippen LogP contribution in [0.4, 0.5) is 0 Å². The molecule has 0 amide bonds. The monoisotopic (exact) mass is 480 g/mol. The van der Waals surface area contributed by atoms with Gasteiger partial charge in [0.05, 0.1) is 19.3 Å². The van der Waals surface area contributed by atoms with Gasteiger partial charge >= 0.3 is 5.97 Å². The first-order valence-corrected chi connectivity index (χ1v) is 14.2. The number of ether oxygens (including phenoxy) is 2. The van der Waals surface area contributed by atoms with Crippen molar-refractivity contribution in [3.05, 3.63) is 54.1 Å². The largest absolute Gasteiger partial charge is 0.494 e. The van der Waals surface area contributed by atoms with E-state index in [0.29, 0.717) is 5.56 Å². The van der Waals surface area contributed by atoms with Gasteiger partial charge in [0.15, 0.2) is 0 Å². The Morgan fingerprint density at radius 3 is 1.40 bits per heavy atom. The zero-order chi connectivity index (χ0) is 25.0. The number of methoxy groups -OCH3 is 1. The zero-order valence-electron chi connectivity index (χ0n) is 22.4. The van der Waals surface area contributed by atoms with Gasteiger partial charge in [0, 0.05) is 0 Å². The lowest BCUT2D eigenvalue weighted by atomic mass is 10.0. The van der Waals surface area contributed by atoms with Crippen molar-refractivity contribution < 1.29 is 14.3 Å². The average molecular weight is 481 g/mol. The van der Waals surface area contributed by atoms with Crippen molar-refractivity contribution >= 4 is 5.97 Å². The third-order valence-electron chi connectivity index (χ3n) is 6.76. The van der Waals surface area contributed by atoms with Crippen molar-refractivity contribution in [1.82, 2.24) is 0 Å². The fourth-order valence-electron chi connectivity index (χ4n) is 4.50. The lowest BCUT2D eigenvalue weighted by molar-refractivity contribution is 0.0600. The molecule has 0 spiro atoms. The quantitative estimate of drug-likeness (QED) is 0.140. The van der Waals surface area contributed by atoms with Crippen molar-refractivity contribution in [3.63, 3.8) is 0 Å². The molecule has 3 nitrogen and oxygen atoms in total. The Morgan fingerprint density at radius 1 is 0.571 bits per heavy atom. The summed E-state index contributed by atoms with van der Waals surface area (Å²) in [6, 6.07) is 15.7. The fraction of sp³-hybridized carbons (Fsp3) is 0.594. The third-order valence-corrected chi connectivity index (χ3v) is 6.76. The molecule has 0 aromatic heterocycles. The minimum Gasteiger partial charge on any atom is -0.494 e. The molecule has 2 rings (SSSR count). The minimum absolute atomic E-state index is 0.311. The van der Waals surface area contributed by atoms with Crippen molar-refractivity contribution in [2.24, 2.45) is 0 Å². The first-order chi connectivity index (χ1) is 17.2. The Bertz CT molecular complexity index is 779. The highest BCUT2D eigenvalue weighted by Crippen LogP contribution is 2.23. The maximum Gasteiger partial charge on any atom is 0.337 e. The van der Waals surface area contributed by atoms with E-state index in [0.717, 1.165) is 29.9 Å². The topological polar surface area (TPSA) is 35.5 Å². The van der Waals surface area contributed by atoms with Crippen LogP contribution < -0.4 is 4.74 Å². The second-order valence-electron chi connectivity index (χ2n) is 9.75. The van der Waals surface area contributed by atoms with E-state index in [-0.39, 0.29) is 5.97 Å². The SMILES string of the molecule is CCCCCCCCCCCCCCCCCCOc1ccc(-c2ccc(C(=O)OC)cc2)cc1. The molecule has 2 aromatic carbocycles. The van der Waals surface area contributed by atoms with Crippen LogP contribution in [0.25, 0.3) is 11.1 Å². The molecule has 2 aromatic rings. The number of hydrogen-bond donors (Lipinski definition) is 0. The zero-order valence-corrected chi connectivity index (χ0v) is 22.4. The van der Waals surface area contributed by atoms with Crippen LogP contribution >= 0.6 is 0 Å². The molecule has 0 unspecified atom stereocenters. The van der Waals surface area contributed by atoms with Gasteiger partial charge in [0.1, 0.15) is 5.75 Å². The van der Waals surface area contributed by atoms with Crippen molar-refractivity contribution in [3.8, 4) is 16.9 Å². The van der Waals surface area contributed by atoms with E-state index in [1.807, 2.05) is 24.3 Å². The summed E-state index contributed by atoms with van der Waals surface area (Å²) in [5, 5.41) is 0. The second-order valence-corrected chi connectivity index (χ2v) is 9.75. The summed E-state index contributed by atoms with van der Waals surface area (Å²) >= 11 is 0. The molecule has 194 valence electrons. The van der Waals surface area contributed by atoms with Crippen LogP contribution in [0.3, 0.4) is 0 Å². The van der Waals surface area contributed by atoms with Crippen LogP contribution in [-0.4, -0.2) is 19.7 Å². The van der Waals surface area contributed by atoms with Gasteiger partial charge < -0.3 is 9.47 Å². The number of benzene rings is 2. The summed E-state index contributed by atoms with van der Waals surface area (Å²) in [6.45, 7) is 3.07. The van der Waals surface area contributed by atoms with E-state index in [1.165, 1.54) is 103 Å². The standard InChI is InChI=1S/C32H48O3/c1-3-4-5-6-7-8-9-10-11-12-13-14-15-16-17-18-27-35-31-25-23-29(24-26-31)28-19-21-30(22-20-28)32(33)34-2/h19-26H,3-18,27H2,1-2H3. The molecule has 3 heteroatoms. The number of carbonyl (C=O) groups excluding carboxylic acids is 1. The normalized spacial score (nSPS) is 10.9. The van der Waals surface area contributed by atoms with E-state index < -0.39 is 0 Å². The first kappa shape index (κ1) is 28.9. The number of rotatable bonds is 20. The molecule has 0 aliphatic rings.